The van der Waals surface area contributed by atoms with Gasteiger partial charge in [-0.15, -0.1) is 0 Å². The molecule has 10 nitrogen and oxygen atoms in total. The van der Waals surface area contributed by atoms with Crippen LogP contribution in [0.3, 0.4) is 0 Å². The lowest BCUT2D eigenvalue weighted by Gasteiger charge is -2.34. The fourth-order valence-corrected chi connectivity index (χ4v) is 4.50. The van der Waals surface area contributed by atoms with Crippen molar-refractivity contribution in [3.63, 3.8) is 0 Å². The van der Waals surface area contributed by atoms with E-state index in [9.17, 15) is 24.3 Å². The number of anilines is 1. The minimum Gasteiger partial charge on any atom is -0.434 e. The number of rotatable bonds is 4. The number of carbonyl (C=O) groups is 4. The maximum Gasteiger partial charge on any atom is 0.319 e. The van der Waals surface area contributed by atoms with Gasteiger partial charge in [-0.3, -0.25) is 14.4 Å². The minimum absolute atomic E-state index is 0.122. The molecule has 0 spiro atoms. The summed E-state index contributed by atoms with van der Waals surface area (Å²) in [6.45, 7) is 1.95. The number of hydrogen-bond donors (Lipinski definition) is 4. The molecule has 176 valence electrons. The number of aliphatic hydroxyl groups excluding tert-OH is 1. The van der Waals surface area contributed by atoms with Crippen molar-refractivity contribution >= 4 is 29.5 Å². The fraction of sp³-hybridized carbons (Fsp3) is 0.478. The number of nitrogens with one attached hydrogen (secondary N) is 3. The smallest absolute Gasteiger partial charge is 0.319 e. The third-order valence-corrected chi connectivity index (χ3v) is 6.23. The second-order valence-corrected chi connectivity index (χ2v) is 8.65. The maximum atomic E-state index is 13.4. The third-order valence-electron chi connectivity index (χ3n) is 6.23. The Labute approximate surface area is 191 Å². The Hall–Kier alpha value is -3.40. The number of aliphatic hydroxyl groups is 1. The molecule has 0 radical (unpaired) electrons. The third kappa shape index (κ3) is 5.16. The molecule has 0 saturated carbocycles. The van der Waals surface area contributed by atoms with E-state index in [-0.39, 0.29) is 18.4 Å². The maximum absolute atomic E-state index is 13.4. The van der Waals surface area contributed by atoms with Gasteiger partial charge in [-0.05, 0) is 44.7 Å². The summed E-state index contributed by atoms with van der Waals surface area (Å²) in [5.74, 6) is -1.37. The highest BCUT2D eigenvalue weighted by molar-refractivity contribution is 5.96. The molecular formula is C23H28N4O6. The highest BCUT2D eigenvalue weighted by Crippen LogP contribution is 2.30. The van der Waals surface area contributed by atoms with Crippen molar-refractivity contribution in [2.75, 3.05) is 5.32 Å². The summed E-state index contributed by atoms with van der Waals surface area (Å²) in [7, 11) is 0. The van der Waals surface area contributed by atoms with Crippen LogP contribution in [-0.2, 0) is 19.1 Å². The lowest BCUT2D eigenvalue weighted by molar-refractivity contribution is -0.155. The van der Waals surface area contributed by atoms with Crippen LogP contribution in [-0.4, -0.2) is 64.3 Å². The largest absolute Gasteiger partial charge is 0.434 e. The molecule has 3 aliphatic rings. The van der Waals surface area contributed by atoms with Gasteiger partial charge in [0.25, 0.3) is 0 Å². The average Bonchev–Trinajstić information content (AvgIpc) is 3.32. The molecule has 0 aliphatic carbocycles. The Balaban J connectivity index is 1.44. The summed E-state index contributed by atoms with van der Waals surface area (Å²) in [5.41, 5.74) is 1.67. The number of cyclic esters (lactones) is 1. The summed E-state index contributed by atoms with van der Waals surface area (Å²) in [4.78, 5) is 51.8. The van der Waals surface area contributed by atoms with Gasteiger partial charge in [0.1, 0.15) is 18.1 Å². The first kappa shape index (κ1) is 22.8. The summed E-state index contributed by atoms with van der Waals surface area (Å²) < 4.78 is 4.68. The molecule has 0 aromatic heterocycles. The Morgan fingerprint density at radius 2 is 1.79 bits per heavy atom. The first-order valence-electron chi connectivity index (χ1n) is 11.1. The van der Waals surface area contributed by atoms with Crippen molar-refractivity contribution < 1.29 is 29.0 Å². The first-order chi connectivity index (χ1) is 15.8. The van der Waals surface area contributed by atoms with Gasteiger partial charge >= 0.3 is 12.0 Å². The second kappa shape index (κ2) is 9.62. The van der Waals surface area contributed by atoms with Crippen molar-refractivity contribution in [1.82, 2.24) is 15.5 Å². The molecule has 10 heteroatoms. The number of nitrogens with zero attached hydrogens (tertiary/aromatic N) is 1. The van der Waals surface area contributed by atoms with Crippen molar-refractivity contribution in [2.45, 2.75) is 69.5 Å². The zero-order valence-electron chi connectivity index (χ0n) is 18.3. The van der Waals surface area contributed by atoms with E-state index < -0.39 is 42.3 Å². The average molecular weight is 456 g/mol. The fourth-order valence-electron chi connectivity index (χ4n) is 4.50. The molecule has 2 saturated heterocycles. The van der Waals surface area contributed by atoms with Crippen molar-refractivity contribution in [3.05, 3.63) is 42.0 Å². The van der Waals surface area contributed by atoms with Gasteiger partial charge in [-0.25, -0.2) is 4.79 Å². The van der Waals surface area contributed by atoms with E-state index in [4.69, 9.17) is 0 Å². The van der Waals surface area contributed by atoms with E-state index in [0.29, 0.717) is 31.4 Å². The molecule has 4 amide bonds. The number of amides is 4. The molecule has 0 bridgehead atoms. The van der Waals surface area contributed by atoms with E-state index >= 15 is 0 Å². The first-order valence-corrected chi connectivity index (χ1v) is 11.1. The lowest BCUT2D eigenvalue weighted by Crippen LogP contribution is -2.57. The summed E-state index contributed by atoms with van der Waals surface area (Å²) in [5, 5.41) is 17.9. The molecule has 33 heavy (non-hydrogen) atoms. The molecule has 3 heterocycles. The molecule has 2 fully saturated rings. The monoisotopic (exact) mass is 456 g/mol. The number of esters is 1. The van der Waals surface area contributed by atoms with Gasteiger partial charge in [-0.2, -0.15) is 0 Å². The van der Waals surface area contributed by atoms with Gasteiger partial charge in [0.05, 0.1) is 6.42 Å². The number of hydrogen-bond acceptors (Lipinski definition) is 6. The Morgan fingerprint density at radius 3 is 2.48 bits per heavy atom. The molecule has 1 aromatic rings. The number of benzene rings is 1. The number of fused-ring (bicyclic) bond motifs is 1. The molecule has 2 unspecified atom stereocenters. The van der Waals surface area contributed by atoms with Crippen LogP contribution >= 0.6 is 0 Å². The molecule has 4 N–H and O–H groups in total. The topological polar surface area (TPSA) is 137 Å². The quantitative estimate of drug-likeness (QED) is 0.393. The Morgan fingerprint density at radius 1 is 1.06 bits per heavy atom. The molecule has 1 aromatic carbocycles. The summed E-state index contributed by atoms with van der Waals surface area (Å²) in [6, 6.07) is 4.20. The van der Waals surface area contributed by atoms with Crippen LogP contribution in [0.5, 0.6) is 0 Å². The van der Waals surface area contributed by atoms with Gasteiger partial charge in [-0.1, -0.05) is 29.8 Å². The predicted octanol–water partition coefficient (Wildman–Crippen LogP) is 0.945. The van der Waals surface area contributed by atoms with E-state index in [0.717, 1.165) is 5.56 Å². The van der Waals surface area contributed by atoms with E-state index in [1.165, 1.54) is 0 Å². The Bertz CT molecular complexity index is 962. The lowest BCUT2D eigenvalue weighted by atomic mass is 10.0. The molecular weight excluding hydrogens is 428 g/mol. The van der Waals surface area contributed by atoms with Gasteiger partial charge in [0, 0.05) is 11.7 Å². The van der Waals surface area contributed by atoms with Crippen LogP contribution in [0.4, 0.5) is 10.5 Å². The van der Waals surface area contributed by atoms with Gasteiger partial charge < -0.3 is 30.7 Å². The number of ether oxygens (including phenoxy) is 1. The minimum atomic E-state index is -1.40. The van der Waals surface area contributed by atoms with E-state index in [2.05, 4.69) is 20.7 Å². The highest BCUT2D eigenvalue weighted by atomic mass is 16.6. The number of urea groups is 1. The van der Waals surface area contributed by atoms with Crippen LogP contribution in [0.2, 0.25) is 0 Å². The SMILES string of the molecule is Cc1ccc(NC(=O)N[C@H]2C/C=C\C[C@@H]3CC[C@@H](C(=O)NC4CC(=O)OC4O)N3C2=O)cc1. The molecule has 5 atom stereocenters. The summed E-state index contributed by atoms with van der Waals surface area (Å²) >= 11 is 0. The predicted molar refractivity (Wildman–Crippen MR) is 118 cm³/mol. The normalized spacial score (nSPS) is 30.0. The van der Waals surface area contributed by atoms with Crippen LogP contribution in [0.1, 0.15) is 37.7 Å². The Kier molecular flexibility index (Phi) is 6.64. The van der Waals surface area contributed by atoms with Crippen LogP contribution in [0.15, 0.2) is 36.4 Å². The van der Waals surface area contributed by atoms with Gasteiger partial charge in [0.2, 0.25) is 18.1 Å². The summed E-state index contributed by atoms with van der Waals surface area (Å²) in [6.07, 6.45) is 4.33. The van der Waals surface area contributed by atoms with Crippen LogP contribution in [0, 0.1) is 6.92 Å². The van der Waals surface area contributed by atoms with E-state index in [1.54, 1.807) is 17.0 Å². The van der Waals surface area contributed by atoms with Crippen molar-refractivity contribution in [1.29, 1.82) is 0 Å². The van der Waals surface area contributed by atoms with Gasteiger partial charge in [0.15, 0.2) is 0 Å². The second-order valence-electron chi connectivity index (χ2n) is 8.65. The highest BCUT2D eigenvalue weighted by Gasteiger charge is 2.45. The molecule has 4 rings (SSSR count). The van der Waals surface area contributed by atoms with E-state index in [1.807, 2.05) is 31.2 Å². The standard InChI is InChI=1S/C23H28N4O6/c1-13-6-8-14(9-7-13)24-23(32)26-16-5-3-2-4-15-10-11-18(27(15)21(16)30)20(29)25-17-12-19(28)33-22(17)31/h2-3,6-9,15-18,22,31H,4-5,10-12H2,1H3,(H,25,29)(H2,24,26,32)/b3-2-/t15-,16+,17?,18+,22?/m1/s1. The number of aryl methyl sites for hydroxylation is 1. The van der Waals surface area contributed by atoms with Crippen molar-refractivity contribution in [2.24, 2.45) is 0 Å². The van der Waals surface area contributed by atoms with Crippen molar-refractivity contribution in [3.8, 4) is 0 Å². The number of carbonyl (C=O) groups excluding carboxylic acids is 4. The zero-order valence-corrected chi connectivity index (χ0v) is 18.3. The molecule has 3 aliphatic heterocycles. The zero-order chi connectivity index (χ0) is 23.5. The van der Waals surface area contributed by atoms with Crippen LogP contribution < -0.4 is 16.0 Å². The van der Waals surface area contributed by atoms with Crippen LogP contribution in [0.25, 0.3) is 0 Å².